The van der Waals surface area contributed by atoms with Gasteiger partial charge in [-0.25, -0.2) is 0 Å². The average Bonchev–Trinajstić information content (AvgIpc) is 2.06. The molecule has 16 heavy (non-hydrogen) atoms. The van der Waals surface area contributed by atoms with Crippen molar-refractivity contribution >= 4 is 26.2 Å². The van der Waals surface area contributed by atoms with Crippen LogP contribution >= 0.6 is 15.9 Å². The molecule has 3 nitrogen and oxygen atoms in total. The van der Waals surface area contributed by atoms with Crippen LogP contribution in [-0.4, -0.2) is 15.0 Å². The Hall–Kier alpha value is -0.760. The van der Waals surface area contributed by atoms with E-state index in [1.807, 2.05) is 0 Å². The molecule has 0 aliphatic heterocycles. The minimum Gasteiger partial charge on any atom is -0.435 e. The Morgan fingerprint density at radius 1 is 1.38 bits per heavy atom. The molecule has 90 valence electrons. The highest BCUT2D eigenvalue weighted by Crippen LogP contribution is 2.26. The zero-order chi connectivity index (χ0) is 12.3. The first-order valence-corrected chi connectivity index (χ1v) is 6.28. The highest BCUT2D eigenvalue weighted by molar-refractivity contribution is 9.10. The summed E-state index contributed by atoms with van der Waals surface area (Å²) in [6, 6.07) is 3.72. The fourth-order valence-electron chi connectivity index (χ4n) is 1.06. The summed E-state index contributed by atoms with van der Waals surface area (Å²) in [5.41, 5.74) is -0.169. The monoisotopic (exact) mass is 318 g/mol. The fourth-order valence-corrected chi connectivity index (χ4v) is 2.06. The molecular weight excluding hydrogens is 313 g/mol. The smallest absolute Gasteiger partial charge is 0.387 e. The van der Waals surface area contributed by atoms with Gasteiger partial charge in [-0.1, -0.05) is 15.9 Å². The lowest BCUT2D eigenvalue weighted by molar-refractivity contribution is -0.0503. The van der Waals surface area contributed by atoms with E-state index in [1.54, 1.807) is 0 Å². The van der Waals surface area contributed by atoms with E-state index in [2.05, 4.69) is 20.7 Å². The van der Waals surface area contributed by atoms with Crippen molar-refractivity contribution in [1.29, 1.82) is 0 Å². The van der Waals surface area contributed by atoms with Gasteiger partial charge in [-0.2, -0.15) is 17.2 Å². The Kier molecular flexibility index (Phi) is 4.20. The molecule has 1 aromatic carbocycles. The van der Waals surface area contributed by atoms with Crippen LogP contribution in [0.15, 0.2) is 22.7 Å². The molecule has 0 spiro atoms. The number of hydrogen-bond donors (Lipinski definition) is 0. The van der Waals surface area contributed by atoms with Crippen molar-refractivity contribution in [2.24, 2.45) is 0 Å². The van der Waals surface area contributed by atoms with Crippen LogP contribution in [0, 0.1) is 0 Å². The third kappa shape index (κ3) is 4.40. The Morgan fingerprint density at radius 2 is 2.00 bits per heavy atom. The molecule has 0 atom stereocenters. The summed E-state index contributed by atoms with van der Waals surface area (Å²) in [6.45, 7) is -3.10. The number of hydrogen-bond acceptors (Lipinski definition) is 3. The van der Waals surface area contributed by atoms with Crippen molar-refractivity contribution in [1.82, 2.24) is 0 Å². The highest BCUT2D eigenvalue weighted by Gasteiger charge is 2.16. The predicted molar refractivity (Wildman–Crippen MR) is 54.5 cm³/mol. The lowest BCUT2D eigenvalue weighted by Crippen LogP contribution is -2.06. The van der Waals surface area contributed by atoms with E-state index < -0.39 is 22.6 Å². The lowest BCUT2D eigenvalue weighted by Gasteiger charge is -2.09. The van der Waals surface area contributed by atoms with Crippen molar-refractivity contribution in [3.8, 4) is 5.75 Å². The van der Waals surface area contributed by atoms with E-state index in [4.69, 9.17) is 0 Å². The third-order valence-corrected chi connectivity index (χ3v) is 2.72. The number of benzene rings is 1. The topological polar surface area (TPSA) is 43.4 Å². The molecule has 0 fully saturated rings. The van der Waals surface area contributed by atoms with E-state index in [0.717, 1.165) is 6.07 Å². The normalized spacial score (nSPS) is 11.8. The van der Waals surface area contributed by atoms with Gasteiger partial charge in [0.1, 0.15) is 11.5 Å². The van der Waals surface area contributed by atoms with E-state index in [0.29, 0.717) is 4.47 Å². The van der Waals surface area contributed by atoms with Crippen LogP contribution in [0.4, 0.5) is 12.7 Å². The van der Waals surface area contributed by atoms with Gasteiger partial charge in [-0.3, -0.25) is 0 Å². The maximum Gasteiger partial charge on any atom is 0.387 e. The van der Waals surface area contributed by atoms with Gasteiger partial charge >= 0.3 is 16.8 Å². The van der Waals surface area contributed by atoms with Gasteiger partial charge in [-0.05, 0) is 18.2 Å². The molecule has 1 rings (SSSR count). The maximum absolute atomic E-state index is 12.4. The van der Waals surface area contributed by atoms with Crippen molar-refractivity contribution in [3.63, 3.8) is 0 Å². The maximum atomic E-state index is 12.4. The van der Waals surface area contributed by atoms with Crippen LogP contribution in [0.3, 0.4) is 0 Å². The molecule has 8 heteroatoms. The van der Waals surface area contributed by atoms with E-state index in [-0.39, 0.29) is 11.3 Å². The summed E-state index contributed by atoms with van der Waals surface area (Å²) in [5.74, 6) is -1.37. The quantitative estimate of drug-likeness (QED) is 0.802. The average molecular weight is 319 g/mol. The minimum atomic E-state index is -4.80. The number of alkyl halides is 2. The molecule has 0 N–H and O–H groups in total. The Bertz CT molecular complexity index is 475. The van der Waals surface area contributed by atoms with Gasteiger partial charge in [0.2, 0.25) is 0 Å². The Balaban J connectivity index is 3.08. The number of ether oxygens (including phenoxy) is 1. The molecule has 0 bridgehead atoms. The van der Waals surface area contributed by atoms with E-state index in [9.17, 15) is 21.1 Å². The zero-order valence-electron chi connectivity index (χ0n) is 7.66. The van der Waals surface area contributed by atoms with Gasteiger partial charge in [0.05, 0.1) is 0 Å². The van der Waals surface area contributed by atoms with Crippen LogP contribution in [0.1, 0.15) is 5.56 Å². The first-order chi connectivity index (χ1) is 7.28. The van der Waals surface area contributed by atoms with E-state index >= 15 is 0 Å². The Labute approximate surface area is 98.6 Å². The summed E-state index contributed by atoms with van der Waals surface area (Å²) >= 11 is 3.01. The molecule has 0 saturated carbocycles. The standard InChI is InChI=1S/C8H6BrF3O3S/c9-6-1-2-7(15-8(10)11)5(3-6)4-16(12,13)14/h1-3,8H,4H2. The second-order valence-electron chi connectivity index (χ2n) is 2.81. The van der Waals surface area contributed by atoms with Gasteiger partial charge in [0.25, 0.3) is 0 Å². The van der Waals surface area contributed by atoms with Gasteiger partial charge < -0.3 is 4.74 Å². The molecule has 0 unspecified atom stereocenters. The summed E-state index contributed by atoms with van der Waals surface area (Å²) in [4.78, 5) is 0. The van der Waals surface area contributed by atoms with Gasteiger partial charge in [-0.15, -0.1) is 3.89 Å². The SMILES string of the molecule is O=S(=O)(F)Cc1cc(Br)ccc1OC(F)F. The van der Waals surface area contributed by atoms with Gasteiger partial charge in [0, 0.05) is 10.0 Å². The second-order valence-corrected chi connectivity index (χ2v) is 5.10. The van der Waals surface area contributed by atoms with Crippen LogP contribution in [0.2, 0.25) is 0 Å². The minimum absolute atomic E-state index is 0.169. The van der Waals surface area contributed by atoms with Crippen molar-refractivity contribution < 1.29 is 25.8 Å². The second kappa shape index (κ2) is 5.05. The highest BCUT2D eigenvalue weighted by atomic mass is 79.9. The largest absolute Gasteiger partial charge is 0.435 e. The van der Waals surface area contributed by atoms with Crippen LogP contribution in [0.25, 0.3) is 0 Å². The van der Waals surface area contributed by atoms with Gasteiger partial charge in [0.15, 0.2) is 0 Å². The first-order valence-electron chi connectivity index (χ1n) is 3.93. The molecule has 1 aromatic rings. The number of halogens is 4. The first kappa shape index (κ1) is 13.3. The van der Waals surface area contributed by atoms with Crippen molar-refractivity contribution in [2.45, 2.75) is 12.4 Å². The Morgan fingerprint density at radius 3 is 2.50 bits per heavy atom. The number of rotatable bonds is 4. The molecule has 0 saturated heterocycles. The lowest BCUT2D eigenvalue weighted by atomic mass is 10.2. The molecule has 0 amide bonds. The predicted octanol–water partition coefficient (Wildman–Crippen LogP) is 2.85. The zero-order valence-corrected chi connectivity index (χ0v) is 10.1. The molecule has 0 aromatic heterocycles. The summed E-state index contributed by atoms with van der Waals surface area (Å²) < 4.78 is 61.7. The summed E-state index contributed by atoms with van der Waals surface area (Å²) in [6.07, 6.45) is 0. The molecule has 0 heterocycles. The van der Waals surface area contributed by atoms with Crippen LogP contribution < -0.4 is 4.74 Å². The van der Waals surface area contributed by atoms with Crippen molar-refractivity contribution in [2.75, 3.05) is 0 Å². The fraction of sp³-hybridized carbons (Fsp3) is 0.250. The van der Waals surface area contributed by atoms with Crippen LogP contribution in [0.5, 0.6) is 5.75 Å². The molecule has 0 radical (unpaired) electrons. The summed E-state index contributed by atoms with van der Waals surface area (Å²) in [7, 11) is -4.80. The van der Waals surface area contributed by atoms with E-state index in [1.165, 1.54) is 12.1 Å². The third-order valence-electron chi connectivity index (χ3n) is 1.57. The van der Waals surface area contributed by atoms with Crippen LogP contribution in [-0.2, 0) is 16.0 Å². The van der Waals surface area contributed by atoms with Crippen molar-refractivity contribution in [3.05, 3.63) is 28.2 Å². The molecule has 0 aliphatic rings. The molecule has 0 aliphatic carbocycles. The summed E-state index contributed by atoms with van der Waals surface area (Å²) in [5, 5.41) is 0. The molecular formula is C8H6BrF3O3S.